The molecule has 2 aromatic carbocycles. The first-order valence-corrected chi connectivity index (χ1v) is 11.2. The Bertz CT molecular complexity index is 1030. The van der Waals surface area contributed by atoms with Gasteiger partial charge in [-0.2, -0.15) is 0 Å². The maximum atomic E-state index is 12.8. The number of carbonyl (C=O) groups excluding carboxylic acids is 2. The van der Waals surface area contributed by atoms with Gasteiger partial charge in [-0.1, -0.05) is 29.5 Å². The molecule has 2 amide bonds. The molecule has 1 aliphatic rings. The average Bonchev–Trinajstić information content (AvgIpc) is 3.31. The van der Waals surface area contributed by atoms with Gasteiger partial charge in [-0.15, -0.1) is 10.2 Å². The average molecular weight is 437 g/mol. The number of anilines is 1. The molecule has 2 heterocycles. The Kier molecular flexibility index (Phi) is 6.57. The van der Waals surface area contributed by atoms with Crippen LogP contribution in [0.25, 0.3) is 0 Å². The molecule has 0 saturated carbocycles. The topological polar surface area (TPSA) is 84.4 Å². The molecule has 0 radical (unpaired) electrons. The van der Waals surface area contributed by atoms with Crippen molar-refractivity contribution in [2.75, 3.05) is 25.0 Å². The fourth-order valence-corrected chi connectivity index (χ4v) is 4.48. The predicted molar refractivity (Wildman–Crippen MR) is 120 cm³/mol. The summed E-state index contributed by atoms with van der Waals surface area (Å²) in [5, 5.41) is 12.4. The molecule has 160 valence electrons. The maximum absolute atomic E-state index is 12.8. The van der Waals surface area contributed by atoms with Gasteiger partial charge in [0.25, 0.3) is 11.8 Å². The summed E-state index contributed by atoms with van der Waals surface area (Å²) in [6.45, 7) is 3.84. The minimum absolute atomic E-state index is 0.0293. The number of nitrogens with zero attached hydrogens (tertiary/aromatic N) is 3. The van der Waals surface area contributed by atoms with Crippen LogP contribution in [0.4, 0.5) is 5.69 Å². The van der Waals surface area contributed by atoms with Gasteiger partial charge in [0.15, 0.2) is 0 Å². The highest BCUT2D eigenvalue weighted by Gasteiger charge is 2.27. The van der Waals surface area contributed by atoms with Gasteiger partial charge in [0.2, 0.25) is 5.01 Å². The van der Waals surface area contributed by atoms with E-state index in [9.17, 15) is 9.59 Å². The molecule has 0 unspecified atom stereocenters. The van der Waals surface area contributed by atoms with Gasteiger partial charge in [0.05, 0.1) is 6.61 Å². The van der Waals surface area contributed by atoms with Crippen LogP contribution < -0.4 is 10.1 Å². The van der Waals surface area contributed by atoms with Crippen molar-refractivity contribution in [3.63, 3.8) is 0 Å². The van der Waals surface area contributed by atoms with Crippen LogP contribution >= 0.6 is 11.3 Å². The van der Waals surface area contributed by atoms with Crippen molar-refractivity contribution < 1.29 is 14.3 Å². The largest absolute Gasteiger partial charge is 0.494 e. The monoisotopic (exact) mass is 436 g/mol. The Morgan fingerprint density at radius 1 is 1.06 bits per heavy atom. The van der Waals surface area contributed by atoms with Crippen molar-refractivity contribution in [2.45, 2.75) is 25.7 Å². The quantitative estimate of drug-likeness (QED) is 0.626. The molecule has 1 N–H and O–H groups in total. The van der Waals surface area contributed by atoms with E-state index in [1.54, 1.807) is 0 Å². The van der Waals surface area contributed by atoms with Crippen molar-refractivity contribution >= 4 is 28.8 Å². The maximum Gasteiger partial charge on any atom is 0.286 e. The molecule has 1 saturated heterocycles. The van der Waals surface area contributed by atoms with Gasteiger partial charge in [0.1, 0.15) is 10.8 Å². The molecular formula is C23H24N4O3S. The number of hydrogen-bond acceptors (Lipinski definition) is 6. The minimum Gasteiger partial charge on any atom is -0.494 e. The summed E-state index contributed by atoms with van der Waals surface area (Å²) in [4.78, 5) is 27.1. The van der Waals surface area contributed by atoms with Crippen LogP contribution in [-0.4, -0.2) is 46.6 Å². The molecule has 1 aromatic heterocycles. The zero-order chi connectivity index (χ0) is 21.6. The number of benzene rings is 2. The first kappa shape index (κ1) is 21.0. The molecule has 31 heavy (non-hydrogen) atoms. The van der Waals surface area contributed by atoms with Gasteiger partial charge in [-0.25, -0.2) is 0 Å². The summed E-state index contributed by atoms with van der Waals surface area (Å²) in [6.07, 6.45) is 1.61. The van der Waals surface area contributed by atoms with E-state index in [4.69, 9.17) is 4.74 Å². The molecule has 1 aliphatic heterocycles. The lowest BCUT2D eigenvalue weighted by molar-refractivity contribution is 0.0712. The normalized spacial score (nSPS) is 14.3. The second kappa shape index (κ2) is 9.70. The zero-order valence-corrected chi connectivity index (χ0v) is 18.1. The number of carbonyl (C=O) groups is 2. The number of para-hydroxylation sites is 1. The van der Waals surface area contributed by atoms with Crippen LogP contribution in [0.5, 0.6) is 5.75 Å². The van der Waals surface area contributed by atoms with Crippen molar-refractivity contribution in [3.05, 3.63) is 70.2 Å². The fraction of sp³-hybridized carbons (Fsp3) is 0.304. The van der Waals surface area contributed by atoms with E-state index < -0.39 is 0 Å². The minimum atomic E-state index is -0.252. The lowest BCUT2D eigenvalue weighted by Gasteiger charge is -2.31. The number of aromatic nitrogens is 2. The highest BCUT2D eigenvalue weighted by atomic mass is 32.1. The molecule has 0 spiro atoms. The van der Waals surface area contributed by atoms with Crippen molar-refractivity contribution in [3.8, 4) is 5.75 Å². The first-order chi connectivity index (χ1) is 15.1. The number of rotatable bonds is 6. The summed E-state index contributed by atoms with van der Waals surface area (Å²) >= 11 is 1.33. The van der Waals surface area contributed by atoms with E-state index in [-0.39, 0.29) is 17.7 Å². The van der Waals surface area contributed by atoms with Crippen LogP contribution in [0, 0.1) is 0 Å². The number of likely N-dealkylation sites (tertiary alicyclic amines) is 1. The van der Waals surface area contributed by atoms with Gasteiger partial charge in [0, 0.05) is 30.3 Å². The third kappa shape index (κ3) is 5.08. The number of ether oxygens (including phenoxy) is 1. The van der Waals surface area contributed by atoms with E-state index in [2.05, 4.69) is 15.5 Å². The summed E-state index contributed by atoms with van der Waals surface area (Å²) in [5.74, 6) is 0.751. The van der Waals surface area contributed by atoms with Gasteiger partial charge in [-0.3, -0.25) is 9.59 Å². The van der Waals surface area contributed by atoms with Crippen LogP contribution in [0.3, 0.4) is 0 Å². The molecular weight excluding hydrogens is 412 g/mol. The first-order valence-electron chi connectivity index (χ1n) is 10.4. The fourth-order valence-electron chi connectivity index (χ4n) is 3.57. The summed E-state index contributed by atoms with van der Waals surface area (Å²) in [7, 11) is 0. The second-order valence-corrected chi connectivity index (χ2v) is 8.30. The van der Waals surface area contributed by atoms with Crippen LogP contribution in [0.1, 0.15) is 50.9 Å². The van der Waals surface area contributed by atoms with E-state index in [0.29, 0.717) is 30.3 Å². The molecule has 1 fully saturated rings. The van der Waals surface area contributed by atoms with E-state index >= 15 is 0 Å². The van der Waals surface area contributed by atoms with Crippen LogP contribution in [-0.2, 0) is 0 Å². The second-order valence-electron chi connectivity index (χ2n) is 7.29. The third-order valence-electron chi connectivity index (χ3n) is 5.21. The van der Waals surface area contributed by atoms with Crippen molar-refractivity contribution in [1.29, 1.82) is 0 Å². The number of hydrogen-bond donors (Lipinski definition) is 1. The lowest BCUT2D eigenvalue weighted by atomic mass is 9.97. The number of nitrogens with one attached hydrogen (secondary N) is 1. The van der Waals surface area contributed by atoms with Gasteiger partial charge < -0.3 is 15.0 Å². The van der Waals surface area contributed by atoms with Crippen molar-refractivity contribution in [2.24, 2.45) is 0 Å². The molecule has 4 rings (SSSR count). The summed E-state index contributed by atoms with van der Waals surface area (Å²) < 4.78 is 5.44. The smallest absolute Gasteiger partial charge is 0.286 e. The number of piperidine rings is 1. The summed E-state index contributed by atoms with van der Waals surface area (Å²) in [5.41, 5.74) is 1.39. The van der Waals surface area contributed by atoms with E-state index in [1.807, 2.05) is 66.4 Å². The highest BCUT2D eigenvalue weighted by molar-refractivity contribution is 7.13. The Morgan fingerprint density at radius 2 is 1.77 bits per heavy atom. The Balaban J connectivity index is 1.32. The zero-order valence-electron chi connectivity index (χ0n) is 17.3. The highest BCUT2D eigenvalue weighted by Crippen LogP contribution is 2.31. The Labute approximate surface area is 185 Å². The summed E-state index contributed by atoms with van der Waals surface area (Å²) in [6, 6.07) is 16.6. The van der Waals surface area contributed by atoms with Crippen LogP contribution in [0.15, 0.2) is 54.6 Å². The van der Waals surface area contributed by atoms with Crippen LogP contribution in [0.2, 0.25) is 0 Å². The SMILES string of the molecule is CCOc1ccc(C(=O)N2CCC(c3nnc(C(=O)Nc4ccccc4)s3)CC2)cc1. The number of amides is 2. The Hall–Kier alpha value is -3.26. The molecule has 0 aliphatic carbocycles. The third-order valence-corrected chi connectivity index (χ3v) is 6.29. The molecule has 7 nitrogen and oxygen atoms in total. The standard InChI is InChI=1S/C23H24N4O3S/c1-2-30-19-10-8-17(9-11-19)23(29)27-14-12-16(13-15-27)21-25-26-22(31-21)20(28)24-18-6-4-3-5-7-18/h3-11,16H,2,12-15H2,1H3,(H,24,28). The van der Waals surface area contributed by atoms with Gasteiger partial charge >= 0.3 is 0 Å². The molecule has 3 aromatic rings. The molecule has 0 atom stereocenters. The predicted octanol–water partition coefficient (Wildman–Crippen LogP) is 4.21. The Morgan fingerprint density at radius 3 is 2.45 bits per heavy atom. The lowest BCUT2D eigenvalue weighted by Crippen LogP contribution is -2.37. The molecule has 8 heteroatoms. The van der Waals surface area contributed by atoms with E-state index in [1.165, 1.54) is 11.3 Å². The van der Waals surface area contributed by atoms with Gasteiger partial charge in [-0.05, 0) is 56.2 Å². The molecule has 0 bridgehead atoms. The van der Waals surface area contributed by atoms with E-state index in [0.717, 1.165) is 29.3 Å². The van der Waals surface area contributed by atoms with Crippen molar-refractivity contribution in [1.82, 2.24) is 15.1 Å².